The number of hydrogen-bond acceptors (Lipinski definition) is 4. The normalized spacial score (nSPS) is 15.6. The zero-order valence-corrected chi connectivity index (χ0v) is 12.9. The number of benzene rings is 1. The number of aromatic nitrogens is 1. The molecule has 1 aliphatic carbocycles. The molecule has 3 rings (SSSR count). The van der Waals surface area contributed by atoms with E-state index >= 15 is 0 Å². The molecule has 112 valence electrons. The molecule has 0 radical (unpaired) electrons. The Kier molecular flexibility index (Phi) is 3.95. The first-order valence-electron chi connectivity index (χ1n) is 7.33. The van der Waals surface area contributed by atoms with Crippen molar-refractivity contribution in [1.29, 1.82) is 5.26 Å². The van der Waals surface area contributed by atoms with Gasteiger partial charge in [-0.3, -0.25) is 0 Å². The first-order valence-corrected chi connectivity index (χ1v) is 8.87. The van der Waals surface area contributed by atoms with E-state index < -0.39 is 15.1 Å². The average molecular weight is 312 g/mol. The number of nitriles is 1. The van der Waals surface area contributed by atoms with Crippen LogP contribution in [0, 0.1) is 11.3 Å². The van der Waals surface area contributed by atoms with E-state index in [0.717, 1.165) is 18.4 Å². The third-order valence-corrected chi connectivity index (χ3v) is 6.45. The van der Waals surface area contributed by atoms with Gasteiger partial charge in [-0.05, 0) is 24.5 Å². The highest BCUT2D eigenvalue weighted by Gasteiger charge is 2.34. The van der Waals surface area contributed by atoms with Gasteiger partial charge in [0.25, 0.3) is 0 Å². The van der Waals surface area contributed by atoms with Crippen LogP contribution in [-0.2, 0) is 9.84 Å². The van der Waals surface area contributed by atoms with Gasteiger partial charge in [0, 0.05) is 11.8 Å². The Morgan fingerprint density at radius 1 is 1.09 bits per heavy atom. The van der Waals surface area contributed by atoms with Crippen molar-refractivity contribution in [3.63, 3.8) is 0 Å². The van der Waals surface area contributed by atoms with Gasteiger partial charge >= 0.3 is 0 Å². The SMILES string of the molecule is N#Cc1nccc(-c2ccccc2)c1S(=O)(=O)C1CCCC1. The van der Waals surface area contributed by atoms with E-state index in [9.17, 15) is 13.7 Å². The highest BCUT2D eigenvalue weighted by Crippen LogP contribution is 2.36. The van der Waals surface area contributed by atoms with Crippen molar-refractivity contribution in [1.82, 2.24) is 4.98 Å². The zero-order chi connectivity index (χ0) is 15.6. The summed E-state index contributed by atoms with van der Waals surface area (Å²) in [5.41, 5.74) is 1.35. The summed E-state index contributed by atoms with van der Waals surface area (Å²) in [6.45, 7) is 0. The number of rotatable bonds is 3. The van der Waals surface area contributed by atoms with Gasteiger partial charge in [-0.1, -0.05) is 43.2 Å². The molecular weight excluding hydrogens is 296 g/mol. The molecule has 22 heavy (non-hydrogen) atoms. The van der Waals surface area contributed by atoms with Gasteiger partial charge in [0.2, 0.25) is 0 Å². The molecule has 1 saturated carbocycles. The fourth-order valence-corrected chi connectivity index (χ4v) is 5.17. The maximum Gasteiger partial charge on any atom is 0.184 e. The summed E-state index contributed by atoms with van der Waals surface area (Å²) < 4.78 is 26.0. The molecular formula is C17H16N2O2S. The van der Waals surface area contributed by atoms with Crippen molar-refractivity contribution >= 4 is 9.84 Å². The van der Waals surface area contributed by atoms with Crippen LogP contribution in [0.3, 0.4) is 0 Å². The second kappa shape index (κ2) is 5.90. The third-order valence-electron chi connectivity index (χ3n) is 4.12. The number of hydrogen-bond donors (Lipinski definition) is 0. The molecule has 0 unspecified atom stereocenters. The molecule has 4 nitrogen and oxygen atoms in total. The minimum Gasteiger partial charge on any atom is -0.244 e. The molecule has 0 spiro atoms. The van der Waals surface area contributed by atoms with Crippen LogP contribution in [-0.4, -0.2) is 18.7 Å². The fraction of sp³-hybridized carbons (Fsp3) is 0.294. The van der Waals surface area contributed by atoms with Crippen molar-refractivity contribution < 1.29 is 8.42 Å². The number of pyridine rings is 1. The minimum atomic E-state index is -3.55. The third kappa shape index (κ3) is 2.51. The first kappa shape index (κ1) is 14.7. The van der Waals surface area contributed by atoms with E-state index in [0.29, 0.717) is 18.4 Å². The summed E-state index contributed by atoms with van der Waals surface area (Å²) in [5, 5.41) is 8.92. The summed E-state index contributed by atoms with van der Waals surface area (Å²) in [6.07, 6.45) is 4.67. The van der Waals surface area contributed by atoms with Crippen molar-refractivity contribution in [3.05, 3.63) is 48.3 Å². The van der Waals surface area contributed by atoms with E-state index in [1.54, 1.807) is 6.07 Å². The van der Waals surface area contributed by atoms with Crippen LogP contribution in [0.4, 0.5) is 0 Å². The lowest BCUT2D eigenvalue weighted by molar-refractivity contribution is 0.579. The van der Waals surface area contributed by atoms with Crippen LogP contribution < -0.4 is 0 Å². The van der Waals surface area contributed by atoms with Gasteiger partial charge in [-0.15, -0.1) is 0 Å². The monoisotopic (exact) mass is 312 g/mol. The summed E-state index contributed by atoms with van der Waals surface area (Å²) in [6, 6.07) is 12.9. The van der Waals surface area contributed by atoms with Crippen LogP contribution in [0.1, 0.15) is 31.4 Å². The lowest BCUT2D eigenvalue weighted by Gasteiger charge is -2.16. The van der Waals surface area contributed by atoms with Gasteiger partial charge in [-0.25, -0.2) is 13.4 Å². The Morgan fingerprint density at radius 3 is 2.41 bits per heavy atom. The lowest BCUT2D eigenvalue weighted by atomic mass is 10.1. The molecule has 0 saturated heterocycles. The molecule has 0 atom stereocenters. The standard InChI is InChI=1S/C17H16N2O2S/c18-12-16-17(22(20,21)14-8-4-5-9-14)15(10-11-19-16)13-6-2-1-3-7-13/h1-3,6-7,10-11,14H,4-5,8-9H2. The summed E-state index contributed by atoms with van der Waals surface area (Å²) >= 11 is 0. The quantitative estimate of drug-likeness (QED) is 0.871. The van der Waals surface area contributed by atoms with Crippen LogP contribution in [0.2, 0.25) is 0 Å². The van der Waals surface area contributed by atoms with Crippen molar-refractivity contribution in [2.75, 3.05) is 0 Å². The van der Waals surface area contributed by atoms with E-state index in [1.807, 2.05) is 36.4 Å². The Balaban J connectivity index is 2.24. The highest BCUT2D eigenvalue weighted by atomic mass is 32.2. The Bertz CT molecular complexity index is 817. The Labute approximate surface area is 130 Å². The van der Waals surface area contributed by atoms with Crippen molar-refractivity contribution in [2.24, 2.45) is 0 Å². The molecule has 1 aliphatic rings. The average Bonchev–Trinajstić information content (AvgIpc) is 3.10. The molecule has 2 aromatic rings. The van der Waals surface area contributed by atoms with Crippen molar-refractivity contribution in [3.8, 4) is 17.2 Å². The predicted octanol–water partition coefficient (Wildman–Crippen LogP) is 3.34. The maximum atomic E-state index is 13.0. The fourth-order valence-electron chi connectivity index (χ4n) is 3.03. The lowest BCUT2D eigenvalue weighted by Crippen LogP contribution is -2.20. The maximum absolute atomic E-state index is 13.0. The summed E-state index contributed by atoms with van der Waals surface area (Å²) in [7, 11) is -3.55. The Hall–Kier alpha value is -2.19. The van der Waals surface area contributed by atoms with E-state index in [1.165, 1.54) is 6.20 Å². The minimum absolute atomic E-state index is 0.00625. The molecule has 0 N–H and O–H groups in total. The molecule has 0 aliphatic heterocycles. The molecule has 1 fully saturated rings. The van der Waals surface area contributed by atoms with E-state index in [4.69, 9.17) is 0 Å². The molecule has 0 amide bonds. The van der Waals surface area contributed by atoms with Gasteiger partial charge in [0.1, 0.15) is 11.0 Å². The number of sulfone groups is 1. The smallest absolute Gasteiger partial charge is 0.184 e. The van der Waals surface area contributed by atoms with Gasteiger partial charge in [0.15, 0.2) is 15.5 Å². The summed E-state index contributed by atoms with van der Waals surface area (Å²) in [5.74, 6) is 0. The second-order valence-electron chi connectivity index (χ2n) is 5.47. The van der Waals surface area contributed by atoms with Crippen LogP contribution in [0.15, 0.2) is 47.5 Å². The van der Waals surface area contributed by atoms with Crippen LogP contribution >= 0.6 is 0 Å². The highest BCUT2D eigenvalue weighted by molar-refractivity contribution is 7.92. The van der Waals surface area contributed by atoms with Crippen LogP contribution in [0.25, 0.3) is 11.1 Å². The zero-order valence-electron chi connectivity index (χ0n) is 12.1. The Morgan fingerprint density at radius 2 is 1.77 bits per heavy atom. The van der Waals surface area contributed by atoms with Crippen molar-refractivity contribution in [2.45, 2.75) is 35.8 Å². The summed E-state index contributed by atoms with van der Waals surface area (Å²) in [4.78, 5) is 4.07. The van der Waals surface area contributed by atoms with Crippen LogP contribution in [0.5, 0.6) is 0 Å². The molecule has 0 bridgehead atoms. The van der Waals surface area contributed by atoms with Gasteiger partial charge in [-0.2, -0.15) is 5.26 Å². The molecule has 1 heterocycles. The van der Waals surface area contributed by atoms with Gasteiger partial charge in [0.05, 0.1) is 5.25 Å². The molecule has 5 heteroatoms. The van der Waals surface area contributed by atoms with E-state index in [2.05, 4.69) is 4.98 Å². The predicted molar refractivity (Wildman–Crippen MR) is 83.8 cm³/mol. The topological polar surface area (TPSA) is 70.8 Å². The van der Waals surface area contributed by atoms with Gasteiger partial charge < -0.3 is 0 Å². The van der Waals surface area contributed by atoms with E-state index in [-0.39, 0.29) is 10.6 Å². The largest absolute Gasteiger partial charge is 0.244 e. The second-order valence-corrected chi connectivity index (χ2v) is 7.63. The molecule has 1 aromatic heterocycles. The first-order chi connectivity index (χ1) is 10.6. The number of nitrogens with zero attached hydrogens (tertiary/aromatic N) is 2. The molecule has 1 aromatic carbocycles.